The number of ether oxygens (including phenoxy) is 2. The van der Waals surface area contributed by atoms with E-state index in [1.165, 1.54) is 6.07 Å². The zero-order valence-corrected chi connectivity index (χ0v) is 8.51. The number of hydrogen-bond donors (Lipinski definition) is 0. The summed E-state index contributed by atoms with van der Waals surface area (Å²) in [5.74, 6) is 0.00660. The fourth-order valence-electron chi connectivity index (χ4n) is 1.31. The smallest absolute Gasteiger partial charge is 0.387 e. The summed E-state index contributed by atoms with van der Waals surface area (Å²) in [4.78, 5) is 0. The number of halogens is 3. The molecule has 0 radical (unpaired) electrons. The van der Waals surface area contributed by atoms with E-state index in [9.17, 15) is 8.78 Å². The highest BCUT2D eigenvalue weighted by molar-refractivity contribution is 6.32. The molecule has 5 heteroatoms. The lowest BCUT2D eigenvalue weighted by Gasteiger charge is -2.07. The Kier molecular flexibility index (Phi) is 3.07. The molecule has 0 saturated carbocycles. The van der Waals surface area contributed by atoms with E-state index in [1.807, 2.05) is 0 Å². The van der Waals surface area contributed by atoms with Crippen molar-refractivity contribution in [1.82, 2.24) is 0 Å². The minimum absolute atomic E-state index is 0.00660. The predicted molar refractivity (Wildman–Crippen MR) is 51.5 cm³/mol. The van der Waals surface area contributed by atoms with Crippen molar-refractivity contribution >= 4 is 11.6 Å². The maximum atomic E-state index is 11.9. The molecule has 1 heterocycles. The normalized spacial score (nSPS) is 19.3. The third kappa shape index (κ3) is 3.04. The Balaban J connectivity index is 2.07. The first-order chi connectivity index (χ1) is 7.15. The Morgan fingerprint density at radius 3 is 2.80 bits per heavy atom. The molecule has 1 aliphatic heterocycles. The van der Waals surface area contributed by atoms with Gasteiger partial charge in [-0.3, -0.25) is 0 Å². The fraction of sp³-hybridized carbons (Fsp3) is 0.400. The van der Waals surface area contributed by atoms with Gasteiger partial charge in [0.1, 0.15) is 5.75 Å². The molecule has 0 amide bonds. The third-order valence-corrected chi connectivity index (χ3v) is 2.37. The molecule has 0 aromatic heterocycles. The predicted octanol–water partition coefficient (Wildman–Crippen LogP) is 2.88. The van der Waals surface area contributed by atoms with Gasteiger partial charge in [-0.05, 0) is 17.7 Å². The Morgan fingerprint density at radius 1 is 1.53 bits per heavy atom. The molecule has 0 N–H and O–H groups in total. The highest BCUT2D eigenvalue weighted by Crippen LogP contribution is 2.28. The van der Waals surface area contributed by atoms with E-state index in [-0.39, 0.29) is 16.9 Å². The second-order valence-corrected chi connectivity index (χ2v) is 3.71. The van der Waals surface area contributed by atoms with Crippen LogP contribution < -0.4 is 4.74 Å². The summed E-state index contributed by atoms with van der Waals surface area (Å²) in [6.07, 6.45) is 1.01. The van der Waals surface area contributed by atoms with Crippen molar-refractivity contribution in [3.63, 3.8) is 0 Å². The lowest BCUT2D eigenvalue weighted by molar-refractivity contribution is -0.0497. The van der Waals surface area contributed by atoms with Crippen LogP contribution in [0.25, 0.3) is 0 Å². The van der Waals surface area contributed by atoms with Crippen LogP contribution in [0.4, 0.5) is 8.78 Å². The molecular formula is C10H9ClF2O2. The molecular weight excluding hydrogens is 226 g/mol. The van der Waals surface area contributed by atoms with Gasteiger partial charge in [-0.2, -0.15) is 8.78 Å². The van der Waals surface area contributed by atoms with Gasteiger partial charge >= 0.3 is 6.61 Å². The molecule has 1 fully saturated rings. The van der Waals surface area contributed by atoms with Crippen LogP contribution in [-0.2, 0) is 11.2 Å². The number of epoxide rings is 1. The largest absolute Gasteiger partial charge is 0.433 e. The van der Waals surface area contributed by atoms with Crippen molar-refractivity contribution in [1.29, 1.82) is 0 Å². The first kappa shape index (κ1) is 10.6. The van der Waals surface area contributed by atoms with Gasteiger partial charge in [0.2, 0.25) is 0 Å². The molecule has 1 aromatic rings. The number of benzene rings is 1. The van der Waals surface area contributed by atoms with E-state index >= 15 is 0 Å². The second kappa shape index (κ2) is 4.33. The van der Waals surface area contributed by atoms with Crippen molar-refractivity contribution in [2.45, 2.75) is 19.1 Å². The van der Waals surface area contributed by atoms with Gasteiger partial charge in [0.25, 0.3) is 0 Å². The molecule has 1 aliphatic rings. The van der Waals surface area contributed by atoms with Crippen LogP contribution in [0.2, 0.25) is 5.02 Å². The zero-order valence-electron chi connectivity index (χ0n) is 7.75. The van der Waals surface area contributed by atoms with E-state index in [2.05, 4.69) is 4.74 Å². The molecule has 15 heavy (non-hydrogen) atoms. The number of alkyl halides is 2. The summed E-state index contributed by atoms with van der Waals surface area (Å²) in [6.45, 7) is -2.09. The fourth-order valence-corrected chi connectivity index (χ4v) is 1.56. The van der Waals surface area contributed by atoms with Crippen molar-refractivity contribution in [2.75, 3.05) is 6.61 Å². The molecule has 1 saturated heterocycles. The van der Waals surface area contributed by atoms with Gasteiger partial charge < -0.3 is 9.47 Å². The average molecular weight is 235 g/mol. The Hall–Kier alpha value is -0.870. The van der Waals surface area contributed by atoms with Crippen molar-refractivity contribution < 1.29 is 18.3 Å². The topological polar surface area (TPSA) is 21.8 Å². The molecule has 82 valence electrons. The first-order valence-electron chi connectivity index (χ1n) is 4.50. The number of rotatable bonds is 4. The maximum absolute atomic E-state index is 11.9. The molecule has 1 unspecified atom stereocenters. The molecule has 0 aliphatic carbocycles. The molecule has 1 atom stereocenters. The van der Waals surface area contributed by atoms with Crippen LogP contribution in [0.3, 0.4) is 0 Å². The molecule has 2 rings (SSSR count). The lowest BCUT2D eigenvalue weighted by Crippen LogP contribution is -2.03. The average Bonchev–Trinajstić information content (AvgIpc) is 2.93. The van der Waals surface area contributed by atoms with E-state index in [4.69, 9.17) is 16.3 Å². The molecule has 0 bridgehead atoms. The van der Waals surface area contributed by atoms with E-state index in [0.29, 0.717) is 0 Å². The summed E-state index contributed by atoms with van der Waals surface area (Å²) in [5.41, 5.74) is 0.962. The monoisotopic (exact) mass is 234 g/mol. The van der Waals surface area contributed by atoms with Crippen molar-refractivity contribution in [3.8, 4) is 5.75 Å². The highest BCUT2D eigenvalue weighted by atomic mass is 35.5. The molecule has 0 spiro atoms. The summed E-state index contributed by atoms with van der Waals surface area (Å²) < 4.78 is 33.1. The van der Waals surface area contributed by atoms with E-state index in [1.54, 1.807) is 12.1 Å². The minimum Gasteiger partial charge on any atom is -0.433 e. The van der Waals surface area contributed by atoms with Crippen LogP contribution in [0, 0.1) is 0 Å². The summed E-state index contributed by atoms with van der Waals surface area (Å²) in [7, 11) is 0. The van der Waals surface area contributed by atoms with Gasteiger partial charge in [0.15, 0.2) is 0 Å². The third-order valence-electron chi connectivity index (χ3n) is 2.08. The Morgan fingerprint density at radius 2 is 2.27 bits per heavy atom. The van der Waals surface area contributed by atoms with Crippen LogP contribution in [0.15, 0.2) is 18.2 Å². The van der Waals surface area contributed by atoms with Crippen LogP contribution in [-0.4, -0.2) is 19.3 Å². The van der Waals surface area contributed by atoms with Crippen LogP contribution >= 0.6 is 11.6 Å². The standard InChI is InChI=1S/C10H9ClF2O2/c11-8-4-6(3-7-5-14-7)1-2-9(8)15-10(12)13/h1-2,4,7,10H,3,5H2. The quantitative estimate of drug-likeness (QED) is 0.748. The van der Waals surface area contributed by atoms with Crippen LogP contribution in [0.5, 0.6) is 5.75 Å². The van der Waals surface area contributed by atoms with Gasteiger partial charge in [-0.25, -0.2) is 0 Å². The van der Waals surface area contributed by atoms with E-state index in [0.717, 1.165) is 18.6 Å². The summed E-state index contributed by atoms with van der Waals surface area (Å²) in [6, 6.07) is 4.79. The van der Waals surface area contributed by atoms with Crippen molar-refractivity contribution in [2.24, 2.45) is 0 Å². The van der Waals surface area contributed by atoms with Gasteiger partial charge in [0.05, 0.1) is 17.7 Å². The summed E-state index contributed by atoms with van der Waals surface area (Å²) in [5, 5.41) is 0.202. The lowest BCUT2D eigenvalue weighted by atomic mass is 10.1. The van der Waals surface area contributed by atoms with Gasteiger partial charge in [-0.15, -0.1) is 0 Å². The second-order valence-electron chi connectivity index (χ2n) is 3.30. The zero-order chi connectivity index (χ0) is 10.8. The Bertz CT molecular complexity index is 353. The molecule has 1 aromatic carbocycles. The molecule has 2 nitrogen and oxygen atoms in total. The summed E-state index contributed by atoms with van der Waals surface area (Å²) >= 11 is 5.78. The van der Waals surface area contributed by atoms with E-state index < -0.39 is 6.61 Å². The van der Waals surface area contributed by atoms with Gasteiger partial charge in [0, 0.05) is 6.42 Å². The minimum atomic E-state index is -2.85. The maximum Gasteiger partial charge on any atom is 0.387 e. The number of hydrogen-bond acceptors (Lipinski definition) is 2. The Labute approximate surface area is 90.7 Å². The van der Waals surface area contributed by atoms with Crippen molar-refractivity contribution in [3.05, 3.63) is 28.8 Å². The van der Waals surface area contributed by atoms with Crippen LogP contribution in [0.1, 0.15) is 5.56 Å². The SMILES string of the molecule is FC(F)Oc1ccc(CC2CO2)cc1Cl. The highest BCUT2D eigenvalue weighted by Gasteiger charge is 2.22. The van der Waals surface area contributed by atoms with Gasteiger partial charge in [-0.1, -0.05) is 17.7 Å². The first-order valence-corrected chi connectivity index (χ1v) is 4.88.